The van der Waals surface area contributed by atoms with Gasteiger partial charge in [0.1, 0.15) is 0 Å². The molecule has 0 unspecified atom stereocenters. The molecule has 0 N–H and O–H groups in total. The van der Waals surface area contributed by atoms with Crippen LogP contribution in [0.5, 0.6) is 0 Å². The lowest BCUT2D eigenvalue weighted by atomic mass is 10.0. The number of carbonyl (C=O) groups excluding carboxylic acids is 1. The number of nitrogens with zero attached hydrogens (tertiary/aromatic N) is 2. The minimum Gasteiger partial charge on any atom is -0.344 e. The maximum absolute atomic E-state index is 12.4. The van der Waals surface area contributed by atoms with Gasteiger partial charge in [-0.1, -0.05) is 50.0 Å². The molecule has 0 aromatic heterocycles. The molecule has 0 spiro atoms. The SMILES string of the molecule is C[C@H]1[C@@H](c2ccccc2)N([Si](C)(C)C)C(=O)N1C. The quantitative estimate of drug-likeness (QED) is 0.750. The van der Waals surface area contributed by atoms with Gasteiger partial charge in [0, 0.05) is 7.05 Å². The molecule has 0 saturated carbocycles. The summed E-state index contributed by atoms with van der Waals surface area (Å²) in [6.45, 7) is 8.82. The third-order valence-corrected chi connectivity index (χ3v) is 5.63. The topological polar surface area (TPSA) is 23.6 Å². The number of likely N-dealkylation sites (N-methyl/N-ethyl adjacent to an activating group) is 1. The van der Waals surface area contributed by atoms with Gasteiger partial charge in [-0.3, -0.25) is 0 Å². The van der Waals surface area contributed by atoms with E-state index >= 15 is 0 Å². The Bertz CT molecular complexity index is 441. The molecule has 2 amide bonds. The molecule has 0 radical (unpaired) electrons. The standard InChI is InChI=1S/C14H22N2OSi/c1-11-13(12-9-7-6-8-10-12)16(18(3,4)5)14(17)15(11)2/h6-11,13H,1-5H3/t11-,13-/m0/s1. The second kappa shape index (κ2) is 4.43. The Balaban J connectivity index is 2.46. The van der Waals surface area contributed by atoms with Gasteiger partial charge in [0.15, 0.2) is 8.24 Å². The molecule has 2 rings (SSSR count). The first-order chi connectivity index (χ1) is 8.34. The predicted octanol–water partition coefficient (Wildman–Crippen LogP) is 3.32. The van der Waals surface area contributed by atoms with E-state index in [2.05, 4.69) is 43.3 Å². The van der Waals surface area contributed by atoms with Crippen molar-refractivity contribution in [1.29, 1.82) is 0 Å². The van der Waals surface area contributed by atoms with Crippen LogP contribution in [0.4, 0.5) is 4.79 Å². The van der Waals surface area contributed by atoms with Crippen molar-refractivity contribution in [1.82, 2.24) is 9.47 Å². The number of hydrogen-bond donors (Lipinski definition) is 0. The lowest BCUT2D eigenvalue weighted by Gasteiger charge is -2.35. The minimum absolute atomic E-state index is 0.176. The zero-order valence-corrected chi connectivity index (χ0v) is 12.8. The summed E-state index contributed by atoms with van der Waals surface area (Å²) in [6.07, 6.45) is 0. The summed E-state index contributed by atoms with van der Waals surface area (Å²) in [5.41, 5.74) is 1.24. The van der Waals surface area contributed by atoms with Crippen LogP contribution in [0.25, 0.3) is 0 Å². The molecular weight excluding hydrogens is 240 g/mol. The molecule has 1 aliphatic rings. The maximum Gasteiger partial charge on any atom is 0.312 e. The van der Waals surface area contributed by atoms with E-state index in [0.29, 0.717) is 0 Å². The highest BCUT2D eigenvalue weighted by Crippen LogP contribution is 2.37. The van der Waals surface area contributed by atoms with Gasteiger partial charge in [0.25, 0.3) is 0 Å². The summed E-state index contributed by atoms with van der Waals surface area (Å²) >= 11 is 0. The maximum atomic E-state index is 12.4. The van der Waals surface area contributed by atoms with Crippen LogP contribution >= 0.6 is 0 Å². The molecule has 1 fully saturated rings. The first kappa shape index (κ1) is 13.1. The first-order valence-electron chi connectivity index (χ1n) is 6.45. The normalized spacial score (nSPS) is 24.8. The minimum atomic E-state index is -1.67. The Labute approximate surface area is 110 Å². The van der Waals surface area contributed by atoms with E-state index in [1.54, 1.807) is 0 Å². The van der Waals surface area contributed by atoms with Gasteiger partial charge in [-0.2, -0.15) is 0 Å². The fraction of sp³-hybridized carbons (Fsp3) is 0.500. The highest BCUT2D eigenvalue weighted by molar-refractivity contribution is 6.75. The molecule has 1 heterocycles. The Morgan fingerprint density at radius 1 is 1.11 bits per heavy atom. The van der Waals surface area contributed by atoms with Crippen molar-refractivity contribution in [3.05, 3.63) is 35.9 Å². The second-order valence-electron chi connectivity index (χ2n) is 6.03. The van der Waals surface area contributed by atoms with Crippen LogP contribution in [-0.4, -0.2) is 36.8 Å². The first-order valence-corrected chi connectivity index (χ1v) is 9.90. The molecule has 0 bridgehead atoms. The smallest absolute Gasteiger partial charge is 0.312 e. The van der Waals surface area contributed by atoms with E-state index < -0.39 is 8.24 Å². The van der Waals surface area contributed by atoms with E-state index in [9.17, 15) is 4.79 Å². The summed E-state index contributed by atoms with van der Waals surface area (Å²) in [5, 5.41) is 0. The summed E-state index contributed by atoms with van der Waals surface area (Å²) in [7, 11) is 0.231. The van der Waals surface area contributed by atoms with E-state index in [4.69, 9.17) is 0 Å². The van der Waals surface area contributed by atoms with Gasteiger partial charge < -0.3 is 9.47 Å². The molecule has 18 heavy (non-hydrogen) atoms. The number of amides is 2. The molecular formula is C14H22N2OSi. The second-order valence-corrected chi connectivity index (χ2v) is 10.9. The van der Waals surface area contributed by atoms with Gasteiger partial charge in [-0.05, 0) is 12.5 Å². The van der Waals surface area contributed by atoms with E-state index in [0.717, 1.165) is 0 Å². The predicted molar refractivity (Wildman–Crippen MR) is 77.0 cm³/mol. The van der Waals surface area contributed by atoms with Gasteiger partial charge >= 0.3 is 6.03 Å². The van der Waals surface area contributed by atoms with Crippen molar-refractivity contribution >= 4 is 14.3 Å². The summed E-state index contributed by atoms with van der Waals surface area (Å²) in [4.78, 5) is 14.3. The Morgan fingerprint density at radius 3 is 2.17 bits per heavy atom. The molecule has 1 aliphatic heterocycles. The monoisotopic (exact) mass is 262 g/mol. The highest BCUT2D eigenvalue weighted by Gasteiger charge is 2.47. The van der Waals surface area contributed by atoms with Gasteiger partial charge in [-0.15, -0.1) is 0 Å². The van der Waals surface area contributed by atoms with Crippen LogP contribution in [0.1, 0.15) is 18.5 Å². The number of rotatable bonds is 2. The molecule has 0 aliphatic carbocycles. The molecule has 3 nitrogen and oxygen atoms in total. The Hall–Kier alpha value is -1.29. The summed E-state index contributed by atoms with van der Waals surface area (Å²) < 4.78 is 2.13. The van der Waals surface area contributed by atoms with Gasteiger partial charge in [-0.25, -0.2) is 4.79 Å². The fourth-order valence-corrected chi connectivity index (χ4v) is 4.60. The fourth-order valence-electron chi connectivity index (χ4n) is 2.67. The average molecular weight is 262 g/mol. The van der Waals surface area contributed by atoms with Gasteiger partial charge in [0.2, 0.25) is 0 Å². The molecule has 2 atom stereocenters. The van der Waals surface area contributed by atoms with E-state index in [-0.39, 0.29) is 18.1 Å². The van der Waals surface area contributed by atoms with Crippen LogP contribution in [0.2, 0.25) is 19.6 Å². The number of benzene rings is 1. The molecule has 1 saturated heterocycles. The van der Waals surface area contributed by atoms with Crippen molar-refractivity contribution in [3.8, 4) is 0 Å². The van der Waals surface area contributed by atoms with Crippen LogP contribution in [0.15, 0.2) is 30.3 Å². The zero-order valence-electron chi connectivity index (χ0n) is 11.8. The van der Waals surface area contributed by atoms with Crippen LogP contribution in [-0.2, 0) is 0 Å². The van der Waals surface area contributed by atoms with Crippen LogP contribution < -0.4 is 0 Å². The van der Waals surface area contributed by atoms with Crippen molar-refractivity contribution < 1.29 is 4.79 Å². The van der Waals surface area contributed by atoms with Crippen molar-refractivity contribution in [2.75, 3.05) is 7.05 Å². The van der Waals surface area contributed by atoms with Crippen LogP contribution in [0.3, 0.4) is 0 Å². The summed E-state index contributed by atoms with van der Waals surface area (Å²) in [5.74, 6) is 0. The number of urea groups is 1. The Kier molecular flexibility index (Phi) is 3.23. The molecule has 1 aromatic rings. The third-order valence-electron chi connectivity index (χ3n) is 3.72. The average Bonchev–Trinajstić information content (AvgIpc) is 2.54. The molecule has 98 valence electrons. The highest BCUT2D eigenvalue weighted by atomic mass is 28.3. The van der Waals surface area contributed by atoms with Gasteiger partial charge in [0.05, 0.1) is 12.1 Å². The lowest BCUT2D eigenvalue weighted by molar-refractivity contribution is 0.208. The van der Waals surface area contributed by atoms with Crippen molar-refractivity contribution in [2.24, 2.45) is 0 Å². The summed E-state index contributed by atoms with van der Waals surface area (Å²) in [6, 6.07) is 11.0. The Morgan fingerprint density at radius 2 is 1.67 bits per heavy atom. The van der Waals surface area contributed by atoms with Crippen LogP contribution in [0, 0.1) is 0 Å². The van der Waals surface area contributed by atoms with E-state index in [1.807, 2.05) is 30.1 Å². The van der Waals surface area contributed by atoms with E-state index in [1.165, 1.54) is 5.56 Å². The van der Waals surface area contributed by atoms with Crippen molar-refractivity contribution in [2.45, 2.75) is 38.6 Å². The largest absolute Gasteiger partial charge is 0.344 e. The van der Waals surface area contributed by atoms with Crippen molar-refractivity contribution in [3.63, 3.8) is 0 Å². The molecule has 1 aromatic carbocycles. The molecule has 4 heteroatoms. The zero-order chi connectivity index (χ0) is 13.5. The lowest BCUT2D eigenvalue weighted by Crippen LogP contribution is -2.49. The third kappa shape index (κ3) is 2.05. The number of carbonyl (C=O) groups is 1. The number of hydrogen-bond acceptors (Lipinski definition) is 1.